The van der Waals surface area contributed by atoms with E-state index in [4.69, 9.17) is 14.2 Å². The smallest absolute Gasteiger partial charge is 0.186 e. The summed E-state index contributed by atoms with van der Waals surface area (Å²) in [6.07, 6.45) is -3.02. The summed E-state index contributed by atoms with van der Waals surface area (Å²) >= 11 is 0. The molecule has 250 valence electrons. The molecule has 7 N–H and O–H groups in total. The number of methoxy groups -OCH3 is 1. The molecule has 0 aromatic heterocycles. The van der Waals surface area contributed by atoms with Crippen molar-refractivity contribution in [3.63, 3.8) is 0 Å². The maximum absolute atomic E-state index is 12.6. The molecule has 0 aromatic rings. The average Bonchev–Trinajstić information content (AvgIpc) is 3.21. The molecule has 1 saturated heterocycles. The van der Waals surface area contributed by atoms with Gasteiger partial charge in [0.25, 0.3) is 0 Å². The molecule has 4 saturated carbocycles. The highest BCUT2D eigenvalue weighted by molar-refractivity contribution is 5.21. The van der Waals surface area contributed by atoms with Crippen molar-refractivity contribution in [1.29, 1.82) is 0 Å². The third kappa shape index (κ3) is 5.53. The minimum atomic E-state index is -1.27. The third-order valence-corrected chi connectivity index (χ3v) is 13.2. The molecule has 0 spiro atoms. The molecule has 10 nitrogen and oxygen atoms in total. The fourth-order valence-electron chi connectivity index (χ4n) is 10.9. The van der Waals surface area contributed by atoms with Crippen LogP contribution in [-0.2, 0) is 14.2 Å². The van der Waals surface area contributed by atoms with Crippen molar-refractivity contribution >= 4 is 0 Å². The van der Waals surface area contributed by atoms with E-state index in [1.54, 1.807) is 0 Å². The summed E-state index contributed by atoms with van der Waals surface area (Å²) in [6.45, 7) is 10.4. The van der Waals surface area contributed by atoms with Crippen LogP contribution in [0.2, 0.25) is 0 Å². The molecule has 5 rings (SSSR count). The maximum Gasteiger partial charge on any atom is 0.186 e. The lowest BCUT2D eigenvalue weighted by atomic mass is 9.41. The van der Waals surface area contributed by atoms with Gasteiger partial charge in [0.2, 0.25) is 0 Å². The molecule has 4 aliphatic carbocycles. The fourth-order valence-corrected chi connectivity index (χ4v) is 10.9. The van der Waals surface area contributed by atoms with Crippen molar-refractivity contribution in [2.24, 2.45) is 46.3 Å². The Morgan fingerprint density at radius 3 is 2.21 bits per heavy atom. The number of hydrogen-bond acceptors (Lipinski definition) is 10. The van der Waals surface area contributed by atoms with Gasteiger partial charge in [0.15, 0.2) is 6.29 Å². The molecule has 5 fully saturated rings. The Bertz CT molecular complexity index is 966. The standard InChI is InChI=1S/C33H58O10/c1-16(2)19(34)8-7-17(3)18-13-20(35)29-31(18,4)12-10-24-32(5)11-9-23(27(39)25(32)21(36)14-33(24,29)40)43-30-28(41-6)26(38)22(37)15-42-30/h16-30,34-40H,7-15H2,1-6H3/t17-,18-,19+,20-,21-,22-,23+,24?,25?,26+,27+,28-,29-,30+,31-,32-,33+/m1/s1. The molecule has 5 aliphatic rings. The topological polar surface area (TPSA) is 169 Å². The Hall–Kier alpha value is -0.400. The van der Waals surface area contributed by atoms with Gasteiger partial charge in [-0.05, 0) is 79.4 Å². The number of aliphatic hydroxyl groups is 7. The van der Waals surface area contributed by atoms with E-state index in [0.717, 1.165) is 25.7 Å². The zero-order valence-electron chi connectivity index (χ0n) is 26.9. The minimum absolute atomic E-state index is 0.0811. The Kier molecular flexibility index (Phi) is 9.73. The van der Waals surface area contributed by atoms with E-state index in [-0.39, 0.29) is 54.1 Å². The lowest BCUT2D eigenvalue weighted by Gasteiger charge is -2.66. The Labute approximate surface area is 256 Å². The first kappa shape index (κ1) is 33.9. The number of ether oxygens (including phenoxy) is 3. The van der Waals surface area contributed by atoms with Gasteiger partial charge in [0.05, 0.1) is 42.7 Å². The van der Waals surface area contributed by atoms with Crippen LogP contribution in [-0.4, -0.2) is 110 Å². The molecular formula is C33H58O10. The van der Waals surface area contributed by atoms with Crippen LogP contribution in [0.15, 0.2) is 0 Å². The molecule has 0 radical (unpaired) electrons. The van der Waals surface area contributed by atoms with Crippen LogP contribution >= 0.6 is 0 Å². The second kappa shape index (κ2) is 12.3. The Morgan fingerprint density at radius 1 is 0.884 bits per heavy atom. The minimum Gasteiger partial charge on any atom is -0.393 e. The maximum atomic E-state index is 12.6. The second-order valence-electron chi connectivity index (χ2n) is 15.8. The molecule has 0 aromatic carbocycles. The molecule has 10 heteroatoms. The molecule has 0 amide bonds. The number of aliphatic hydroxyl groups excluding tert-OH is 6. The van der Waals surface area contributed by atoms with Crippen LogP contribution in [0.4, 0.5) is 0 Å². The van der Waals surface area contributed by atoms with E-state index in [9.17, 15) is 35.7 Å². The van der Waals surface area contributed by atoms with E-state index >= 15 is 0 Å². The third-order valence-electron chi connectivity index (χ3n) is 13.2. The molecule has 2 unspecified atom stereocenters. The van der Waals surface area contributed by atoms with Crippen LogP contribution in [0.1, 0.15) is 86.0 Å². The fraction of sp³-hybridized carbons (Fsp3) is 1.00. The SMILES string of the molecule is CO[C@H]1[C@H](O[C@H]2CC[C@@]3(C)C([C@H](O)C[C@]4(O)C3CC[C@]3(C)[C@@H]([C@H](C)CC[C@H](O)C(C)C)C[C@@H](O)[C@H]34)[C@H]2O)OC[C@@H](O)[C@@H]1O. The lowest BCUT2D eigenvalue weighted by molar-refractivity contribution is -0.320. The largest absolute Gasteiger partial charge is 0.393 e. The predicted octanol–water partition coefficient (Wildman–Crippen LogP) is 1.58. The second-order valence-corrected chi connectivity index (χ2v) is 15.8. The van der Waals surface area contributed by atoms with E-state index < -0.39 is 66.0 Å². The molecule has 0 bridgehead atoms. The molecule has 17 atom stereocenters. The highest BCUT2D eigenvalue weighted by Gasteiger charge is 2.72. The first-order chi connectivity index (χ1) is 20.1. The van der Waals surface area contributed by atoms with Gasteiger partial charge < -0.3 is 50.0 Å². The van der Waals surface area contributed by atoms with Crippen molar-refractivity contribution in [1.82, 2.24) is 0 Å². The highest BCUT2D eigenvalue weighted by Crippen LogP contribution is 2.70. The Morgan fingerprint density at radius 2 is 1.56 bits per heavy atom. The summed E-state index contributed by atoms with van der Waals surface area (Å²) in [4.78, 5) is 0. The van der Waals surface area contributed by atoms with Crippen molar-refractivity contribution in [3.05, 3.63) is 0 Å². The number of hydrogen-bond donors (Lipinski definition) is 7. The summed E-state index contributed by atoms with van der Waals surface area (Å²) in [5, 5.41) is 78.4. The summed E-state index contributed by atoms with van der Waals surface area (Å²) in [6, 6.07) is 0. The molecule has 1 aliphatic heterocycles. The van der Waals surface area contributed by atoms with Gasteiger partial charge in [-0.25, -0.2) is 0 Å². The zero-order chi connectivity index (χ0) is 31.6. The lowest BCUT2D eigenvalue weighted by Crippen LogP contribution is -2.71. The van der Waals surface area contributed by atoms with Crippen molar-refractivity contribution < 1.29 is 50.0 Å². The zero-order valence-corrected chi connectivity index (χ0v) is 26.9. The summed E-state index contributed by atoms with van der Waals surface area (Å²) in [7, 11) is 1.40. The van der Waals surface area contributed by atoms with Crippen LogP contribution in [0.5, 0.6) is 0 Å². The van der Waals surface area contributed by atoms with E-state index in [0.29, 0.717) is 19.3 Å². The predicted molar refractivity (Wildman–Crippen MR) is 158 cm³/mol. The summed E-state index contributed by atoms with van der Waals surface area (Å²) in [5.74, 6) is -0.458. The van der Waals surface area contributed by atoms with E-state index in [1.165, 1.54) is 7.11 Å². The van der Waals surface area contributed by atoms with Gasteiger partial charge in [-0.3, -0.25) is 0 Å². The molecule has 43 heavy (non-hydrogen) atoms. The highest BCUT2D eigenvalue weighted by atomic mass is 16.7. The van der Waals surface area contributed by atoms with Crippen LogP contribution in [0.25, 0.3) is 0 Å². The van der Waals surface area contributed by atoms with Gasteiger partial charge >= 0.3 is 0 Å². The van der Waals surface area contributed by atoms with E-state index in [2.05, 4.69) is 20.8 Å². The van der Waals surface area contributed by atoms with Gasteiger partial charge in [-0.2, -0.15) is 0 Å². The number of rotatable bonds is 8. The van der Waals surface area contributed by atoms with Crippen LogP contribution in [0.3, 0.4) is 0 Å². The van der Waals surface area contributed by atoms with Gasteiger partial charge in [0.1, 0.15) is 18.3 Å². The molecular weight excluding hydrogens is 556 g/mol. The van der Waals surface area contributed by atoms with Crippen LogP contribution in [0, 0.1) is 46.3 Å². The monoisotopic (exact) mass is 614 g/mol. The van der Waals surface area contributed by atoms with Crippen LogP contribution < -0.4 is 0 Å². The molecule has 1 heterocycles. The Balaban J connectivity index is 1.34. The summed E-state index contributed by atoms with van der Waals surface area (Å²) < 4.78 is 17.2. The quantitative estimate of drug-likeness (QED) is 0.199. The van der Waals surface area contributed by atoms with E-state index in [1.807, 2.05) is 13.8 Å². The van der Waals surface area contributed by atoms with Crippen molar-refractivity contribution in [2.45, 2.75) is 147 Å². The normalized spacial score (nSPS) is 53.2. The first-order valence-corrected chi connectivity index (χ1v) is 16.7. The number of fused-ring (bicyclic) bond motifs is 5. The average molecular weight is 615 g/mol. The van der Waals surface area contributed by atoms with Gasteiger partial charge in [-0.15, -0.1) is 0 Å². The van der Waals surface area contributed by atoms with Gasteiger partial charge in [-0.1, -0.05) is 34.6 Å². The van der Waals surface area contributed by atoms with Crippen molar-refractivity contribution in [2.75, 3.05) is 13.7 Å². The van der Waals surface area contributed by atoms with Crippen molar-refractivity contribution in [3.8, 4) is 0 Å². The summed E-state index contributed by atoms with van der Waals surface area (Å²) in [5.41, 5.74) is -2.15. The van der Waals surface area contributed by atoms with Gasteiger partial charge in [0, 0.05) is 25.4 Å². The first-order valence-electron chi connectivity index (χ1n) is 16.7.